The molecule has 32 heavy (non-hydrogen) atoms. The fourth-order valence-corrected chi connectivity index (χ4v) is 6.35. The number of hydrogen-bond donors (Lipinski definition) is 1. The second kappa shape index (κ2) is 7.04. The van der Waals surface area contributed by atoms with Crippen molar-refractivity contribution in [3.63, 3.8) is 0 Å². The lowest BCUT2D eigenvalue weighted by molar-refractivity contribution is -0.140. The number of likely N-dealkylation sites (tertiary alicyclic amines) is 1. The monoisotopic (exact) mass is 428 g/mol. The van der Waals surface area contributed by atoms with Crippen LogP contribution in [0.25, 0.3) is 0 Å². The van der Waals surface area contributed by atoms with Gasteiger partial charge < -0.3 is 15.0 Å². The number of amides is 2. The fourth-order valence-electron chi connectivity index (χ4n) is 6.35. The van der Waals surface area contributed by atoms with Crippen molar-refractivity contribution in [2.75, 3.05) is 6.54 Å². The summed E-state index contributed by atoms with van der Waals surface area (Å²) in [6, 6.07) is 18.3. The average molecular weight is 429 g/mol. The van der Waals surface area contributed by atoms with Crippen LogP contribution in [-0.2, 0) is 27.3 Å². The standard InChI is InChI=1S/C27H28N2O3/c1-26-14-15-27(32-26)17-29(16-18-8-3-2-4-9-18)25(31)23(27)22(26)24(30)28-21-13-7-11-19-10-5-6-12-20(19)21/h2-6,8-10,12,14-15,21-23H,7,11,13,16-17H2,1H3,(H,28,30). The summed E-state index contributed by atoms with van der Waals surface area (Å²) in [6.45, 7) is 2.98. The van der Waals surface area contributed by atoms with Crippen LogP contribution in [0.5, 0.6) is 0 Å². The first kappa shape index (κ1) is 19.7. The summed E-state index contributed by atoms with van der Waals surface area (Å²) in [7, 11) is 0. The molecule has 2 aromatic carbocycles. The molecule has 0 aromatic heterocycles. The summed E-state index contributed by atoms with van der Waals surface area (Å²) in [5.41, 5.74) is 2.16. The van der Waals surface area contributed by atoms with Crippen LogP contribution in [0.2, 0.25) is 0 Å². The Hall–Kier alpha value is -2.92. The van der Waals surface area contributed by atoms with E-state index in [0.29, 0.717) is 13.1 Å². The smallest absolute Gasteiger partial charge is 0.230 e. The highest BCUT2D eigenvalue weighted by atomic mass is 16.5. The van der Waals surface area contributed by atoms with E-state index in [1.54, 1.807) is 0 Å². The van der Waals surface area contributed by atoms with Gasteiger partial charge in [0.05, 0.1) is 30.0 Å². The van der Waals surface area contributed by atoms with E-state index < -0.39 is 23.0 Å². The first-order chi connectivity index (χ1) is 15.5. The molecule has 2 amide bonds. The maximum Gasteiger partial charge on any atom is 0.230 e. The summed E-state index contributed by atoms with van der Waals surface area (Å²) < 4.78 is 6.47. The molecule has 0 radical (unpaired) electrons. The van der Waals surface area contributed by atoms with Gasteiger partial charge in [0, 0.05) is 6.54 Å². The van der Waals surface area contributed by atoms with Crippen molar-refractivity contribution in [2.24, 2.45) is 11.8 Å². The molecule has 1 aliphatic carbocycles. The molecule has 5 unspecified atom stereocenters. The van der Waals surface area contributed by atoms with Crippen molar-refractivity contribution >= 4 is 11.8 Å². The van der Waals surface area contributed by atoms with Gasteiger partial charge in [0.1, 0.15) is 5.60 Å². The van der Waals surface area contributed by atoms with E-state index in [9.17, 15) is 9.59 Å². The number of hydrogen-bond acceptors (Lipinski definition) is 3. The lowest BCUT2D eigenvalue weighted by Crippen LogP contribution is -2.48. The normalized spacial score (nSPS) is 34.5. The number of carbonyl (C=O) groups excluding carboxylic acids is 2. The number of aryl methyl sites for hydroxylation is 1. The molecule has 1 N–H and O–H groups in total. The van der Waals surface area contributed by atoms with Crippen LogP contribution in [0.1, 0.15) is 42.5 Å². The highest BCUT2D eigenvalue weighted by Gasteiger charge is 2.71. The van der Waals surface area contributed by atoms with Gasteiger partial charge in [-0.1, -0.05) is 66.7 Å². The van der Waals surface area contributed by atoms with Crippen LogP contribution in [0.3, 0.4) is 0 Å². The Morgan fingerprint density at radius 2 is 1.91 bits per heavy atom. The maximum absolute atomic E-state index is 13.7. The number of ether oxygens (including phenoxy) is 1. The number of nitrogens with zero attached hydrogens (tertiary/aromatic N) is 1. The van der Waals surface area contributed by atoms with Crippen LogP contribution < -0.4 is 5.32 Å². The predicted molar refractivity (Wildman–Crippen MR) is 120 cm³/mol. The van der Waals surface area contributed by atoms with E-state index >= 15 is 0 Å². The third-order valence-corrected chi connectivity index (χ3v) is 7.78. The molecule has 0 saturated carbocycles. The SMILES string of the molecule is CC12C=CC3(CN(Cc4ccccc4)C(=O)C3C1C(=O)NC1CCCc3ccccc31)O2. The van der Waals surface area contributed by atoms with Crippen molar-refractivity contribution in [1.82, 2.24) is 10.2 Å². The molecule has 1 spiro atoms. The molecule has 2 fully saturated rings. The largest absolute Gasteiger partial charge is 0.357 e. The Kier molecular flexibility index (Phi) is 4.34. The molecule has 5 atom stereocenters. The third kappa shape index (κ3) is 2.87. The fraction of sp³-hybridized carbons (Fsp3) is 0.407. The molecule has 2 saturated heterocycles. The van der Waals surface area contributed by atoms with E-state index in [4.69, 9.17) is 4.74 Å². The molecule has 3 aliphatic heterocycles. The van der Waals surface area contributed by atoms with E-state index in [0.717, 1.165) is 24.8 Å². The van der Waals surface area contributed by atoms with Gasteiger partial charge in [-0.25, -0.2) is 0 Å². The van der Waals surface area contributed by atoms with Crippen LogP contribution >= 0.6 is 0 Å². The molecule has 2 aromatic rings. The molecule has 5 nitrogen and oxygen atoms in total. The minimum Gasteiger partial charge on any atom is -0.357 e. The number of nitrogens with one attached hydrogen (secondary N) is 1. The molecule has 6 rings (SSSR count). The van der Waals surface area contributed by atoms with Crippen molar-refractivity contribution in [2.45, 2.75) is 50.0 Å². The van der Waals surface area contributed by atoms with Crippen molar-refractivity contribution < 1.29 is 14.3 Å². The predicted octanol–water partition coefficient (Wildman–Crippen LogP) is 3.55. The number of rotatable bonds is 4. The lowest BCUT2D eigenvalue weighted by atomic mass is 9.71. The van der Waals surface area contributed by atoms with Crippen LogP contribution in [0, 0.1) is 11.8 Å². The summed E-state index contributed by atoms with van der Waals surface area (Å²) in [6.07, 6.45) is 7.06. The highest BCUT2D eigenvalue weighted by Crippen LogP contribution is 2.57. The van der Waals surface area contributed by atoms with Gasteiger partial charge in [-0.15, -0.1) is 0 Å². The minimum absolute atomic E-state index is 0.00738. The van der Waals surface area contributed by atoms with E-state index in [1.165, 1.54) is 11.1 Å². The van der Waals surface area contributed by atoms with Gasteiger partial charge in [0.15, 0.2) is 0 Å². The zero-order valence-electron chi connectivity index (χ0n) is 18.3. The summed E-state index contributed by atoms with van der Waals surface area (Å²) in [5.74, 6) is -1.04. The van der Waals surface area contributed by atoms with Crippen molar-refractivity contribution in [1.29, 1.82) is 0 Å². The van der Waals surface area contributed by atoms with Crippen LogP contribution in [0.15, 0.2) is 66.7 Å². The Bertz CT molecular complexity index is 1110. The Labute approximate surface area is 188 Å². The zero-order chi connectivity index (χ0) is 21.9. The molecule has 5 heteroatoms. The zero-order valence-corrected chi connectivity index (χ0v) is 18.3. The second-order valence-electron chi connectivity index (χ2n) is 9.86. The third-order valence-electron chi connectivity index (χ3n) is 7.78. The number of benzene rings is 2. The molecule has 164 valence electrons. The minimum atomic E-state index is -0.739. The topological polar surface area (TPSA) is 58.6 Å². The van der Waals surface area contributed by atoms with Gasteiger partial charge in [-0.05, 0) is 42.9 Å². The van der Waals surface area contributed by atoms with E-state index in [-0.39, 0.29) is 17.9 Å². The quantitative estimate of drug-likeness (QED) is 0.758. The molecule has 2 bridgehead atoms. The summed E-state index contributed by atoms with van der Waals surface area (Å²) in [5, 5.41) is 3.30. The molecule has 4 aliphatic rings. The lowest BCUT2D eigenvalue weighted by Gasteiger charge is -2.32. The van der Waals surface area contributed by atoms with Gasteiger partial charge in [0.25, 0.3) is 0 Å². The number of carbonyl (C=O) groups is 2. The first-order valence-corrected chi connectivity index (χ1v) is 11.6. The summed E-state index contributed by atoms with van der Waals surface area (Å²) >= 11 is 0. The number of fused-ring (bicyclic) bond motifs is 2. The second-order valence-corrected chi connectivity index (χ2v) is 9.86. The Balaban J connectivity index is 1.27. The van der Waals surface area contributed by atoms with Crippen molar-refractivity contribution in [3.8, 4) is 0 Å². The van der Waals surface area contributed by atoms with Crippen LogP contribution in [-0.4, -0.2) is 34.5 Å². The van der Waals surface area contributed by atoms with E-state index in [2.05, 4.69) is 23.5 Å². The average Bonchev–Trinajstić information content (AvgIpc) is 3.36. The Morgan fingerprint density at radius 1 is 1.12 bits per heavy atom. The van der Waals surface area contributed by atoms with Gasteiger partial charge >= 0.3 is 0 Å². The molecular formula is C27H28N2O3. The van der Waals surface area contributed by atoms with Gasteiger partial charge in [0.2, 0.25) is 11.8 Å². The van der Waals surface area contributed by atoms with E-state index in [1.807, 2.05) is 60.4 Å². The Morgan fingerprint density at radius 3 is 2.75 bits per heavy atom. The summed E-state index contributed by atoms with van der Waals surface area (Å²) in [4.78, 5) is 29.1. The van der Waals surface area contributed by atoms with Crippen molar-refractivity contribution in [3.05, 3.63) is 83.4 Å². The van der Waals surface area contributed by atoms with Gasteiger partial charge in [-0.3, -0.25) is 9.59 Å². The highest BCUT2D eigenvalue weighted by molar-refractivity contribution is 5.93. The molecule has 3 heterocycles. The van der Waals surface area contributed by atoms with Gasteiger partial charge in [-0.2, -0.15) is 0 Å². The molecular weight excluding hydrogens is 400 g/mol. The first-order valence-electron chi connectivity index (χ1n) is 11.6. The maximum atomic E-state index is 13.7. The van der Waals surface area contributed by atoms with Crippen LogP contribution in [0.4, 0.5) is 0 Å².